The van der Waals surface area contributed by atoms with Crippen molar-refractivity contribution in [2.45, 2.75) is 19.1 Å². The molecule has 0 saturated heterocycles. The number of benzene rings is 4. The molecule has 0 aliphatic carbocycles. The van der Waals surface area contributed by atoms with Gasteiger partial charge in [-0.2, -0.15) is 0 Å². The summed E-state index contributed by atoms with van der Waals surface area (Å²) in [4.78, 5) is 26.2. The molecule has 6 nitrogen and oxygen atoms in total. The number of aliphatic hydroxyl groups is 1. The molecule has 0 heterocycles. The number of rotatable bonds is 10. The van der Waals surface area contributed by atoms with Gasteiger partial charge in [-0.05, 0) is 59.7 Å². The number of halogens is 1. The summed E-state index contributed by atoms with van der Waals surface area (Å²) in [6, 6.07) is 28.1. The van der Waals surface area contributed by atoms with E-state index >= 15 is 0 Å². The van der Waals surface area contributed by atoms with Crippen molar-refractivity contribution in [1.29, 1.82) is 0 Å². The number of hydrogen-bond acceptors (Lipinski definition) is 4. The summed E-state index contributed by atoms with van der Waals surface area (Å²) in [5.74, 6) is -1.38. The van der Waals surface area contributed by atoms with E-state index in [2.05, 4.69) is 0 Å². The lowest BCUT2D eigenvalue weighted by molar-refractivity contribution is 0.0604. The molecular formula is C30H26FNO5. The zero-order chi connectivity index (χ0) is 26.2. The maximum absolute atomic E-state index is 13.9. The average Bonchev–Trinajstić information content (AvgIpc) is 2.90. The maximum atomic E-state index is 13.9. The second-order valence-corrected chi connectivity index (χ2v) is 8.59. The summed E-state index contributed by atoms with van der Waals surface area (Å²) in [7, 11) is 0. The van der Waals surface area contributed by atoms with Gasteiger partial charge in [-0.3, -0.25) is 4.79 Å². The van der Waals surface area contributed by atoms with Crippen molar-refractivity contribution in [3.63, 3.8) is 0 Å². The molecule has 7 heteroatoms. The highest BCUT2D eigenvalue weighted by Gasteiger charge is 2.20. The Morgan fingerprint density at radius 1 is 0.784 bits per heavy atom. The first-order chi connectivity index (χ1) is 17.9. The van der Waals surface area contributed by atoms with Gasteiger partial charge in [-0.25, -0.2) is 9.18 Å². The second-order valence-electron chi connectivity index (χ2n) is 8.59. The van der Waals surface area contributed by atoms with Crippen LogP contribution < -0.4 is 4.74 Å². The predicted octanol–water partition coefficient (Wildman–Crippen LogP) is 5.56. The highest BCUT2D eigenvalue weighted by atomic mass is 19.1. The largest absolute Gasteiger partial charge is 0.478 e. The summed E-state index contributed by atoms with van der Waals surface area (Å²) in [6.07, 6.45) is -0.439. The smallest absolute Gasteiger partial charge is 0.335 e. The summed E-state index contributed by atoms with van der Waals surface area (Å²) in [6.45, 7) is 0.250. The Bertz CT molecular complexity index is 1340. The van der Waals surface area contributed by atoms with Crippen LogP contribution in [-0.4, -0.2) is 39.6 Å². The summed E-state index contributed by atoms with van der Waals surface area (Å²) < 4.78 is 19.5. The Morgan fingerprint density at radius 2 is 1.41 bits per heavy atom. The number of para-hydroxylation sites is 1. The van der Waals surface area contributed by atoms with Crippen LogP contribution in [0.15, 0.2) is 103 Å². The molecule has 4 aromatic rings. The third-order valence-corrected chi connectivity index (χ3v) is 5.77. The summed E-state index contributed by atoms with van der Waals surface area (Å²) in [5, 5.41) is 19.9. The fourth-order valence-electron chi connectivity index (χ4n) is 3.90. The highest BCUT2D eigenvalue weighted by molar-refractivity contribution is 5.94. The summed E-state index contributed by atoms with van der Waals surface area (Å²) >= 11 is 0. The fraction of sp³-hybridized carbons (Fsp3) is 0.133. The monoisotopic (exact) mass is 499 g/mol. The third kappa shape index (κ3) is 7.02. The van der Waals surface area contributed by atoms with Crippen LogP contribution in [0.4, 0.5) is 4.39 Å². The topological polar surface area (TPSA) is 87.1 Å². The fourth-order valence-corrected chi connectivity index (χ4v) is 3.90. The molecule has 0 aliphatic heterocycles. The SMILES string of the molecule is O=C(O)c1ccc(CN(C[C@@H](O)Cc2ccccc2)C(=O)c2ccc(Oc3ccccc3F)cc2)cc1. The van der Waals surface area contributed by atoms with E-state index in [9.17, 15) is 19.1 Å². The van der Waals surface area contributed by atoms with Gasteiger partial charge < -0.3 is 19.8 Å². The molecule has 0 saturated carbocycles. The molecular weight excluding hydrogens is 473 g/mol. The molecule has 4 aromatic carbocycles. The van der Waals surface area contributed by atoms with Crippen LogP contribution in [0.3, 0.4) is 0 Å². The second kappa shape index (κ2) is 12.0. The van der Waals surface area contributed by atoms with Gasteiger partial charge in [-0.1, -0.05) is 54.6 Å². The first-order valence-corrected chi connectivity index (χ1v) is 11.7. The van der Waals surface area contributed by atoms with E-state index in [1.807, 2.05) is 30.3 Å². The molecule has 0 radical (unpaired) electrons. The van der Waals surface area contributed by atoms with Crippen molar-refractivity contribution < 1.29 is 28.9 Å². The Balaban J connectivity index is 1.51. The van der Waals surface area contributed by atoms with Crippen molar-refractivity contribution in [2.75, 3.05) is 6.54 Å². The third-order valence-electron chi connectivity index (χ3n) is 5.77. The molecule has 0 bridgehead atoms. The van der Waals surface area contributed by atoms with Gasteiger partial charge in [0.05, 0.1) is 11.7 Å². The number of ether oxygens (including phenoxy) is 1. The average molecular weight is 500 g/mol. The number of carboxylic acid groups (broad SMARTS) is 1. The zero-order valence-electron chi connectivity index (χ0n) is 20.0. The van der Waals surface area contributed by atoms with Crippen LogP contribution in [0.2, 0.25) is 0 Å². The minimum Gasteiger partial charge on any atom is -0.478 e. The molecule has 1 atom stereocenters. The van der Waals surface area contributed by atoms with Crippen molar-refractivity contribution >= 4 is 11.9 Å². The van der Waals surface area contributed by atoms with Gasteiger partial charge in [0.15, 0.2) is 11.6 Å². The molecule has 0 aromatic heterocycles. The number of aromatic carboxylic acids is 1. The molecule has 2 N–H and O–H groups in total. The predicted molar refractivity (Wildman–Crippen MR) is 137 cm³/mol. The quantitative estimate of drug-likeness (QED) is 0.298. The number of carbonyl (C=O) groups is 2. The molecule has 37 heavy (non-hydrogen) atoms. The van der Waals surface area contributed by atoms with Crippen LogP contribution in [0.1, 0.15) is 31.8 Å². The number of carboxylic acids is 1. The number of aliphatic hydroxyl groups excluding tert-OH is 1. The molecule has 4 rings (SSSR count). The van der Waals surface area contributed by atoms with E-state index < -0.39 is 17.9 Å². The normalized spacial score (nSPS) is 11.5. The Labute approximate surface area is 214 Å². The van der Waals surface area contributed by atoms with Crippen molar-refractivity contribution in [3.05, 3.63) is 131 Å². The number of hydrogen-bond donors (Lipinski definition) is 2. The van der Waals surface area contributed by atoms with E-state index in [4.69, 9.17) is 9.84 Å². The Kier molecular flexibility index (Phi) is 8.28. The van der Waals surface area contributed by atoms with E-state index in [0.29, 0.717) is 17.7 Å². The van der Waals surface area contributed by atoms with Gasteiger partial charge in [0.25, 0.3) is 5.91 Å². The van der Waals surface area contributed by atoms with E-state index in [1.165, 1.54) is 29.2 Å². The Morgan fingerprint density at radius 3 is 2.05 bits per heavy atom. The van der Waals surface area contributed by atoms with Crippen LogP contribution in [0.25, 0.3) is 0 Å². The minimum atomic E-state index is -1.03. The van der Waals surface area contributed by atoms with Crippen molar-refractivity contribution in [3.8, 4) is 11.5 Å². The number of amides is 1. The first kappa shape index (κ1) is 25.6. The van der Waals surface area contributed by atoms with Crippen LogP contribution in [0, 0.1) is 5.82 Å². The van der Waals surface area contributed by atoms with Crippen LogP contribution >= 0.6 is 0 Å². The maximum Gasteiger partial charge on any atom is 0.335 e. The minimum absolute atomic E-state index is 0.0713. The first-order valence-electron chi connectivity index (χ1n) is 11.7. The zero-order valence-corrected chi connectivity index (χ0v) is 20.0. The molecule has 0 unspecified atom stereocenters. The lowest BCUT2D eigenvalue weighted by Gasteiger charge is -2.26. The van der Waals surface area contributed by atoms with Crippen LogP contribution in [0.5, 0.6) is 11.5 Å². The molecule has 188 valence electrons. The van der Waals surface area contributed by atoms with Gasteiger partial charge in [0.1, 0.15) is 5.75 Å². The standard InChI is InChI=1S/C30H26FNO5/c31-27-8-4-5-9-28(27)37-26-16-14-23(15-17-26)29(34)32(19-22-10-12-24(13-11-22)30(35)36)20-25(33)18-21-6-2-1-3-7-21/h1-17,25,33H,18-20H2,(H,35,36)/t25-/m0/s1. The van der Waals surface area contributed by atoms with Gasteiger partial charge in [0, 0.05) is 25.1 Å². The molecule has 1 amide bonds. The van der Waals surface area contributed by atoms with Gasteiger partial charge >= 0.3 is 5.97 Å². The van der Waals surface area contributed by atoms with Crippen molar-refractivity contribution in [2.24, 2.45) is 0 Å². The van der Waals surface area contributed by atoms with E-state index in [-0.39, 0.29) is 30.3 Å². The van der Waals surface area contributed by atoms with Crippen LogP contribution in [-0.2, 0) is 13.0 Å². The Hall–Kier alpha value is -4.49. The van der Waals surface area contributed by atoms with Gasteiger partial charge in [-0.15, -0.1) is 0 Å². The van der Waals surface area contributed by atoms with Crippen molar-refractivity contribution in [1.82, 2.24) is 4.90 Å². The number of carbonyl (C=O) groups excluding carboxylic acids is 1. The van der Waals surface area contributed by atoms with Gasteiger partial charge in [0.2, 0.25) is 0 Å². The molecule has 0 spiro atoms. The van der Waals surface area contributed by atoms with E-state index in [1.54, 1.807) is 48.5 Å². The highest BCUT2D eigenvalue weighted by Crippen LogP contribution is 2.25. The summed E-state index contributed by atoms with van der Waals surface area (Å²) in [5.41, 5.74) is 2.19. The van der Waals surface area contributed by atoms with E-state index in [0.717, 1.165) is 11.1 Å². The lowest BCUT2D eigenvalue weighted by Crippen LogP contribution is -2.38. The number of nitrogens with zero attached hydrogens (tertiary/aromatic N) is 1. The molecule has 0 fully saturated rings. The lowest BCUT2D eigenvalue weighted by atomic mass is 10.1. The molecule has 0 aliphatic rings.